The summed E-state index contributed by atoms with van der Waals surface area (Å²) in [4.78, 5) is 43.0. The zero-order valence-corrected chi connectivity index (χ0v) is 50.3. The molecule has 0 aromatic carbocycles. The second kappa shape index (κ2) is 50.0. The summed E-state index contributed by atoms with van der Waals surface area (Å²) in [6.07, 6.45) is 24.5. The number of ether oxygens (including phenoxy) is 11. The molecule has 0 aromatic rings. The molecule has 0 saturated heterocycles. The highest BCUT2D eigenvalue weighted by Gasteiger charge is 2.40. The van der Waals surface area contributed by atoms with Gasteiger partial charge in [-0.2, -0.15) is 0 Å². The van der Waals surface area contributed by atoms with Gasteiger partial charge in [0.2, 0.25) is 5.91 Å². The molecule has 1 fully saturated rings. The van der Waals surface area contributed by atoms with Gasteiger partial charge in [0.05, 0.1) is 117 Å². The van der Waals surface area contributed by atoms with Crippen molar-refractivity contribution in [2.45, 2.75) is 202 Å². The van der Waals surface area contributed by atoms with Gasteiger partial charge in [-0.15, -0.1) is 0 Å². The van der Waals surface area contributed by atoms with Gasteiger partial charge in [-0.05, 0) is 82.0 Å². The van der Waals surface area contributed by atoms with Crippen LogP contribution in [0.25, 0.3) is 0 Å². The number of hydrogen-bond acceptors (Lipinski definition) is 14. The van der Waals surface area contributed by atoms with E-state index < -0.39 is 11.8 Å². The molecule has 0 aliphatic heterocycles. The molecular formula is C61H117NO14. The van der Waals surface area contributed by atoms with Gasteiger partial charge >= 0.3 is 11.9 Å². The third kappa shape index (κ3) is 38.6. The number of nitrogens with zero attached hydrogens (tertiary/aromatic N) is 1. The molecule has 15 nitrogen and oxygen atoms in total. The van der Waals surface area contributed by atoms with Crippen LogP contribution >= 0.6 is 0 Å². The molecule has 0 heterocycles. The second-order valence-electron chi connectivity index (χ2n) is 22.0. The first-order valence-electron chi connectivity index (χ1n) is 30.7. The molecule has 0 aromatic heterocycles. The van der Waals surface area contributed by atoms with Crippen molar-refractivity contribution < 1.29 is 66.5 Å². The van der Waals surface area contributed by atoms with Crippen molar-refractivity contribution in [2.24, 2.45) is 35.0 Å². The van der Waals surface area contributed by atoms with Crippen LogP contribution in [0.2, 0.25) is 0 Å². The Balaban J connectivity index is 2.26. The van der Waals surface area contributed by atoms with Gasteiger partial charge in [-0.25, -0.2) is 0 Å². The average Bonchev–Trinajstić information content (AvgIpc) is 3.42. The summed E-state index contributed by atoms with van der Waals surface area (Å²) in [5.74, 6) is -0.972. The molecule has 1 rings (SSSR count). The van der Waals surface area contributed by atoms with E-state index in [9.17, 15) is 14.4 Å². The highest BCUT2D eigenvalue weighted by molar-refractivity contribution is 5.80. The number of carbonyl (C=O) groups is 3. The van der Waals surface area contributed by atoms with E-state index in [2.05, 4.69) is 34.6 Å². The van der Waals surface area contributed by atoms with Gasteiger partial charge in [0, 0.05) is 39.8 Å². The predicted octanol–water partition coefficient (Wildman–Crippen LogP) is 11.9. The van der Waals surface area contributed by atoms with Gasteiger partial charge < -0.3 is 57.0 Å². The Morgan fingerprint density at radius 3 is 1.43 bits per heavy atom. The topological polar surface area (TPSA) is 156 Å². The molecule has 6 unspecified atom stereocenters. The Morgan fingerprint density at radius 1 is 0.500 bits per heavy atom. The molecule has 0 radical (unpaired) electrons. The summed E-state index contributed by atoms with van der Waals surface area (Å²) in [6.45, 7) is 24.3. The number of carbonyl (C=O) groups excluding carboxylic acids is 3. The molecule has 1 aliphatic rings. The van der Waals surface area contributed by atoms with Crippen LogP contribution in [-0.2, 0) is 66.5 Å². The van der Waals surface area contributed by atoms with Gasteiger partial charge in [0.1, 0.15) is 6.61 Å². The smallest absolute Gasteiger partial charge is 0.309 e. The lowest BCUT2D eigenvalue weighted by molar-refractivity contribution is -0.157. The molecule has 76 heavy (non-hydrogen) atoms. The van der Waals surface area contributed by atoms with E-state index in [-0.39, 0.29) is 54.9 Å². The van der Waals surface area contributed by atoms with Crippen molar-refractivity contribution in [3.63, 3.8) is 0 Å². The Kier molecular flexibility index (Phi) is 47.5. The number of hydrogen-bond donors (Lipinski definition) is 0. The van der Waals surface area contributed by atoms with E-state index in [0.717, 1.165) is 45.3 Å². The molecule has 1 saturated carbocycles. The largest absolute Gasteiger partial charge is 0.463 e. The highest BCUT2D eigenvalue weighted by Crippen LogP contribution is 2.46. The lowest BCUT2D eigenvalue weighted by atomic mass is 9.63. The molecule has 0 bridgehead atoms. The Labute approximate surface area is 464 Å². The molecule has 1 aliphatic carbocycles. The molecule has 450 valence electrons. The van der Waals surface area contributed by atoms with Crippen LogP contribution in [0.1, 0.15) is 196 Å². The third-order valence-corrected chi connectivity index (χ3v) is 15.2. The zero-order valence-electron chi connectivity index (χ0n) is 50.3. The number of rotatable bonds is 55. The van der Waals surface area contributed by atoms with E-state index in [1.807, 2.05) is 6.92 Å². The summed E-state index contributed by atoms with van der Waals surface area (Å²) in [5.41, 5.74) is -0.0144. The fraction of sp³-hybridized carbons (Fsp3) is 0.951. The molecule has 15 heteroatoms. The van der Waals surface area contributed by atoms with Crippen LogP contribution in [-0.4, -0.2) is 168 Å². The van der Waals surface area contributed by atoms with E-state index in [1.54, 1.807) is 25.9 Å². The van der Waals surface area contributed by atoms with Gasteiger partial charge in [-0.3, -0.25) is 14.4 Å². The van der Waals surface area contributed by atoms with Crippen LogP contribution in [0.5, 0.6) is 0 Å². The number of unbranched alkanes of at least 4 members (excludes halogenated alkanes) is 8. The molecule has 0 N–H and O–H groups in total. The van der Waals surface area contributed by atoms with E-state index in [4.69, 9.17) is 52.1 Å². The summed E-state index contributed by atoms with van der Waals surface area (Å²) < 4.78 is 62.3. The summed E-state index contributed by atoms with van der Waals surface area (Å²) in [7, 11) is 3.59. The maximum absolute atomic E-state index is 14.1. The summed E-state index contributed by atoms with van der Waals surface area (Å²) in [5, 5.41) is 0. The number of esters is 2. The zero-order chi connectivity index (χ0) is 55.8. The van der Waals surface area contributed by atoms with Crippen molar-refractivity contribution in [1.29, 1.82) is 0 Å². The first kappa shape index (κ1) is 72.1. The first-order valence-corrected chi connectivity index (χ1v) is 30.7. The number of amides is 1. The SMILES string of the molecule is CCCCCCCCCCC(C)OC(=O)C(CC(C)C(=O)OCCOCCOCCOCCOCCOCCOCCOCCOCCCOCC(CC)CCCC)CC(CC(C)(CC)C1CCCCC1)C(=O)N(C)C. The standard InChI is InChI=1S/C61H117NO14/c1-10-14-16-17-18-19-20-22-26-53(6)76-60(65)55(49-56(58(63)62(8)9)50-61(7,13-4)57-28-23-21-24-29-57)48-52(5)59(64)75-47-46-73-45-44-72-43-42-71-41-40-70-39-38-69-37-36-68-35-34-67-33-32-66-30-25-31-74-51-54(12-3)27-15-11-2/h52-57H,10-51H2,1-9H3. The summed E-state index contributed by atoms with van der Waals surface area (Å²) >= 11 is 0. The molecule has 6 atom stereocenters. The predicted molar refractivity (Wildman–Crippen MR) is 303 cm³/mol. The maximum Gasteiger partial charge on any atom is 0.309 e. The average molecular weight is 1090 g/mol. The fourth-order valence-corrected chi connectivity index (χ4v) is 10.1. The molecular weight excluding hydrogens is 971 g/mol. The minimum Gasteiger partial charge on any atom is -0.463 e. The van der Waals surface area contributed by atoms with Crippen molar-refractivity contribution in [3.8, 4) is 0 Å². The van der Waals surface area contributed by atoms with Crippen LogP contribution in [0, 0.1) is 35.0 Å². The van der Waals surface area contributed by atoms with E-state index >= 15 is 0 Å². The lowest BCUT2D eigenvalue weighted by Crippen LogP contribution is -2.39. The summed E-state index contributed by atoms with van der Waals surface area (Å²) in [6, 6.07) is 0. The normalized spacial score (nSPS) is 16.0. The van der Waals surface area contributed by atoms with Crippen LogP contribution in [0.3, 0.4) is 0 Å². The van der Waals surface area contributed by atoms with Gasteiger partial charge in [0.15, 0.2) is 0 Å². The lowest BCUT2D eigenvalue weighted by Gasteiger charge is -2.42. The highest BCUT2D eigenvalue weighted by atomic mass is 16.6. The van der Waals surface area contributed by atoms with Crippen molar-refractivity contribution in [2.75, 3.05) is 140 Å². The van der Waals surface area contributed by atoms with E-state index in [1.165, 1.54) is 96.3 Å². The van der Waals surface area contributed by atoms with Crippen molar-refractivity contribution >= 4 is 17.8 Å². The van der Waals surface area contributed by atoms with Crippen LogP contribution in [0.4, 0.5) is 0 Å². The quantitative estimate of drug-likeness (QED) is 0.0419. The van der Waals surface area contributed by atoms with Crippen molar-refractivity contribution in [1.82, 2.24) is 4.90 Å². The fourth-order valence-electron chi connectivity index (χ4n) is 10.1. The van der Waals surface area contributed by atoms with Crippen LogP contribution in [0.15, 0.2) is 0 Å². The monoisotopic (exact) mass is 1090 g/mol. The Bertz CT molecular complexity index is 1340. The van der Waals surface area contributed by atoms with Gasteiger partial charge in [-0.1, -0.05) is 131 Å². The van der Waals surface area contributed by atoms with E-state index in [0.29, 0.717) is 124 Å². The third-order valence-electron chi connectivity index (χ3n) is 15.2. The maximum atomic E-state index is 14.1. The van der Waals surface area contributed by atoms with Gasteiger partial charge in [0.25, 0.3) is 0 Å². The first-order chi connectivity index (χ1) is 36.9. The Hall–Kier alpha value is -1.95. The minimum atomic E-state index is -0.611. The minimum absolute atomic E-state index is 0.0144. The molecule has 0 spiro atoms. The second-order valence-corrected chi connectivity index (χ2v) is 22.0. The van der Waals surface area contributed by atoms with Crippen LogP contribution < -0.4 is 0 Å². The molecule has 1 amide bonds. The van der Waals surface area contributed by atoms with Crippen molar-refractivity contribution in [3.05, 3.63) is 0 Å². The Morgan fingerprint density at radius 2 is 0.961 bits per heavy atom.